The number of ether oxygens (including phenoxy) is 2. The molecule has 0 aliphatic carbocycles. The summed E-state index contributed by atoms with van der Waals surface area (Å²) in [7, 11) is -3.47. The van der Waals surface area contributed by atoms with Crippen molar-refractivity contribution >= 4 is 15.7 Å². The van der Waals surface area contributed by atoms with Crippen molar-refractivity contribution in [2.45, 2.75) is 31.6 Å². The van der Waals surface area contributed by atoms with Crippen molar-refractivity contribution < 1.29 is 27.2 Å². The van der Waals surface area contributed by atoms with E-state index in [0.29, 0.717) is 37.7 Å². The lowest BCUT2D eigenvalue weighted by atomic mass is 10.1. The Morgan fingerprint density at radius 1 is 1.00 bits per heavy atom. The molecule has 1 heterocycles. The van der Waals surface area contributed by atoms with Crippen LogP contribution < -0.4 is 14.8 Å². The fourth-order valence-electron chi connectivity index (χ4n) is 3.07. The van der Waals surface area contributed by atoms with Crippen LogP contribution in [0.1, 0.15) is 35.9 Å². The molecule has 3 aromatic rings. The largest absolute Gasteiger partial charge is 0.490 e. The molecule has 0 spiro atoms. The van der Waals surface area contributed by atoms with Crippen LogP contribution in [0.2, 0.25) is 0 Å². The van der Waals surface area contributed by atoms with E-state index in [1.165, 1.54) is 12.1 Å². The number of hydrogen-bond donors (Lipinski definition) is 1. The first kappa shape index (κ1) is 24.2. The van der Waals surface area contributed by atoms with E-state index in [2.05, 4.69) is 15.5 Å². The predicted molar refractivity (Wildman–Crippen MR) is 121 cm³/mol. The second-order valence-corrected chi connectivity index (χ2v) is 9.16. The number of benzene rings is 2. The van der Waals surface area contributed by atoms with Crippen molar-refractivity contribution in [1.82, 2.24) is 15.5 Å². The fraction of sp³-hybridized carbons (Fsp3) is 0.348. The molecule has 1 amide bonds. The number of carbonyl (C=O) groups excluding carboxylic acids is 1. The van der Waals surface area contributed by atoms with Crippen LogP contribution in [-0.2, 0) is 22.7 Å². The van der Waals surface area contributed by atoms with Crippen LogP contribution in [-0.4, -0.2) is 50.0 Å². The van der Waals surface area contributed by atoms with E-state index in [4.69, 9.17) is 14.0 Å². The lowest BCUT2D eigenvalue weighted by Crippen LogP contribution is -2.26. The summed E-state index contributed by atoms with van der Waals surface area (Å²) in [5.41, 5.74) is 0.972. The average molecular weight is 474 g/mol. The zero-order valence-electron chi connectivity index (χ0n) is 18.6. The zero-order valence-corrected chi connectivity index (χ0v) is 19.4. The van der Waals surface area contributed by atoms with Gasteiger partial charge in [-0.15, -0.1) is 0 Å². The number of amides is 1. The molecule has 2 aromatic carbocycles. The summed E-state index contributed by atoms with van der Waals surface area (Å²) in [6, 6.07) is 13.8. The monoisotopic (exact) mass is 473 g/mol. The van der Waals surface area contributed by atoms with Crippen LogP contribution in [0.3, 0.4) is 0 Å². The average Bonchev–Trinajstić information content (AvgIpc) is 3.30. The van der Waals surface area contributed by atoms with Gasteiger partial charge < -0.3 is 19.3 Å². The van der Waals surface area contributed by atoms with Crippen molar-refractivity contribution in [2.24, 2.45) is 0 Å². The number of aromatic nitrogens is 2. The van der Waals surface area contributed by atoms with Gasteiger partial charge in [-0.1, -0.05) is 29.4 Å². The van der Waals surface area contributed by atoms with E-state index in [0.717, 1.165) is 5.56 Å². The Balaban J connectivity index is 1.51. The Labute approximate surface area is 193 Å². The quantitative estimate of drug-likeness (QED) is 0.426. The van der Waals surface area contributed by atoms with E-state index in [1.54, 1.807) is 18.2 Å². The van der Waals surface area contributed by atoms with Crippen LogP contribution in [0.4, 0.5) is 0 Å². The van der Waals surface area contributed by atoms with E-state index in [1.807, 2.05) is 32.0 Å². The molecule has 0 unspecified atom stereocenters. The number of nitrogens with zero attached hydrogens (tertiary/aromatic N) is 2. The molecule has 1 aromatic heterocycles. The summed E-state index contributed by atoms with van der Waals surface area (Å²) in [4.78, 5) is 16.6. The zero-order chi connectivity index (χ0) is 23.7. The summed E-state index contributed by atoms with van der Waals surface area (Å²) in [5.74, 6) is 0.597. The highest BCUT2D eigenvalue weighted by Crippen LogP contribution is 2.28. The molecule has 33 heavy (non-hydrogen) atoms. The number of hydrogen-bond acceptors (Lipinski definition) is 8. The Hall–Kier alpha value is -3.40. The van der Waals surface area contributed by atoms with Gasteiger partial charge in [0.1, 0.15) is 0 Å². The minimum atomic E-state index is -3.47. The number of rotatable bonds is 12. The number of aryl methyl sites for hydroxylation is 1. The SMILES string of the molecule is CCOc1ccc(CCNC(=O)c2nc(CCS(=O)(=O)c3ccccc3)no2)cc1OCC. The molecular formula is C23H27N3O6S. The first-order chi connectivity index (χ1) is 15.9. The van der Waals surface area contributed by atoms with Crippen LogP contribution in [0.25, 0.3) is 0 Å². The van der Waals surface area contributed by atoms with Crippen molar-refractivity contribution in [3.8, 4) is 11.5 Å². The predicted octanol–water partition coefficient (Wildman–Crippen LogP) is 2.86. The molecule has 0 fully saturated rings. The molecular weight excluding hydrogens is 446 g/mol. The van der Waals surface area contributed by atoms with Crippen molar-refractivity contribution in [3.63, 3.8) is 0 Å². The normalized spacial score (nSPS) is 11.2. The van der Waals surface area contributed by atoms with Gasteiger partial charge in [0.25, 0.3) is 0 Å². The second kappa shape index (κ2) is 11.5. The minimum absolute atomic E-state index is 0.0421. The molecule has 0 saturated carbocycles. The summed E-state index contributed by atoms with van der Waals surface area (Å²) < 4.78 is 40.9. The maximum atomic E-state index is 12.4. The number of carbonyl (C=O) groups is 1. The molecule has 9 nitrogen and oxygen atoms in total. The highest BCUT2D eigenvalue weighted by molar-refractivity contribution is 7.91. The second-order valence-electron chi connectivity index (χ2n) is 7.05. The van der Waals surface area contributed by atoms with Crippen molar-refractivity contribution in [3.05, 3.63) is 65.8 Å². The molecule has 3 rings (SSSR count). The summed E-state index contributed by atoms with van der Waals surface area (Å²) in [5, 5.41) is 6.44. The maximum absolute atomic E-state index is 12.4. The van der Waals surface area contributed by atoms with Gasteiger partial charge in [0.05, 0.1) is 23.9 Å². The molecule has 0 radical (unpaired) electrons. The van der Waals surface area contributed by atoms with Gasteiger partial charge in [0.15, 0.2) is 27.2 Å². The van der Waals surface area contributed by atoms with Gasteiger partial charge in [-0.2, -0.15) is 4.98 Å². The molecule has 0 saturated heterocycles. The standard InChI is InChI=1S/C23H27N3O6S/c1-3-30-19-11-10-17(16-20(19)31-4-2)12-14-24-22(27)23-25-21(26-32-23)13-15-33(28,29)18-8-6-5-7-9-18/h5-11,16H,3-4,12-15H2,1-2H3,(H,24,27). The molecule has 1 N–H and O–H groups in total. The minimum Gasteiger partial charge on any atom is -0.490 e. The number of nitrogens with one attached hydrogen (secondary N) is 1. The topological polar surface area (TPSA) is 121 Å². The molecule has 0 aliphatic heterocycles. The van der Waals surface area contributed by atoms with Crippen molar-refractivity contribution in [1.29, 1.82) is 0 Å². The lowest BCUT2D eigenvalue weighted by molar-refractivity contribution is 0.0910. The molecule has 176 valence electrons. The highest BCUT2D eigenvalue weighted by atomic mass is 32.2. The van der Waals surface area contributed by atoms with E-state index < -0.39 is 15.7 Å². The molecule has 0 bridgehead atoms. The third kappa shape index (κ3) is 6.79. The summed E-state index contributed by atoms with van der Waals surface area (Å²) in [6.07, 6.45) is 0.606. The smallest absolute Gasteiger partial charge is 0.315 e. The van der Waals surface area contributed by atoms with E-state index >= 15 is 0 Å². The van der Waals surface area contributed by atoms with Gasteiger partial charge in [0.2, 0.25) is 0 Å². The van der Waals surface area contributed by atoms with Crippen molar-refractivity contribution in [2.75, 3.05) is 25.5 Å². The first-order valence-corrected chi connectivity index (χ1v) is 12.3. The molecule has 0 aliphatic rings. The Morgan fingerprint density at radius 3 is 2.45 bits per heavy atom. The lowest BCUT2D eigenvalue weighted by Gasteiger charge is -2.12. The highest BCUT2D eigenvalue weighted by Gasteiger charge is 2.19. The third-order valence-electron chi connectivity index (χ3n) is 4.67. The van der Waals surface area contributed by atoms with Gasteiger partial charge in [-0.3, -0.25) is 4.79 Å². The Morgan fingerprint density at radius 2 is 1.73 bits per heavy atom. The van der Waals surface area contributed by atoms with Crippen LogP contribution >= 0.6 is 0 Å². The van der Waals surface area contributed by atoms with Crippen LogP contribution in [0.15, 0.2) is 57.9 Å². The van der Waals surface area contributed by atoms with Gasteiger partial charge in [-0.25, -0.2) is 8.42 Å². The van der Waals surface area contributed by atoms with Gasteiger partial charge >= 0.3 is 11.8 Å². The fourth-order valence-corrected chi connectivity index (χ4v) is 4.32. The first-order valence-electron chi connectivity index (χ1n) is 10.7. The maximum Gasteiger partial charge on any atom is 0.315 e. The van der Waals surface area contributed by atoms with E-state index in [-0.39, 0.29) is 28.8 Å². The molecule has 10 heteroatoms. The molecule has 0 atom stereocenters. The Kier molecular flexibility index (Phi) is 8.42. The van der Waals surface area contributed by atoms with Gasteiger partial charge in [-0.05, 0) is 50.1 Å². The van der Waals surface area contributed by atoms with Crippen LogP contribution in [0.5, 0.6) is 11.5 Å². The van der Waals surface area contributed by atoms with Gasteiger partial charge in [0, 0.05) is 13.0 Å². The third-order valence-corrected chi connectivity index (χ3v) is 6.40. The van der Waals surface area contributed by atoms with E-state index in [9.17, 15) is 13.2 Å². The summed E-state index contributed by atoms with van der Waals surface area (Å²) in [6.45, 7) is 5.22. The Bertz CT molecular complexity index is 1160. The van der Waals surface area contributed by atoms with Crippen LogP contribution in [0, 0.1) is 0 Å². The number of sulfone groups is 1. The summed E-state index contributed by atoms with van der Waals surface area (Å²) >= 11 is 0.